The zero-order valence-electron chi connectivity index (χ0n) is 12.5. The van der Waals surface area contributed by atoms with Crippen LogP contribution < -0.4 is 10.6 Å². The van der Waals surface area contributed by atoms with Crippen LogP contribution in [0.5, 0.6) is 0 Å². The van der Waals surface area contributed by atoms with Gasteiger partial charge in [0.05, 0.1) is 17.2 Å². The average Bonchev–Trinajstić information content (AvgIpc) is 2.76. The van der Waals surface area contributed by atoms with Crippen molar-refractivity contribution in [1.82, 2.24) is 0 Å². The molecule has 2 N–H and O–H groups in total. The maximum absolute atomic E-state index is 12.1. The highest BCUT2D eigenvalue weighted by Crippen LogP contribution is 2.39. The summed E-state index contributed by atoms with van der Waals surface area (Å²) in [5.74, 6) is -0.511. The molecule has 6 heteroatoms. The van der Waals surface area contributed by atoms with Gasteiger partial charge in [-0.25, -0.2) is 4.79 Å². The molecule has 0 saturated carbocycles. The highest BCUT2D eigenvalue weighted by molar-refractivity contribution is 7.19. The largest absolute Gasteiger partial charge is 0.462 e. The molecule has 0 atom stereocenters. The molecule has 5 nitrogen and oxygen atoms in total. The van der Waals surface area contributed by atoms with E-state index in [1.165, 1.54) is 11.3 Å². The monoisotopic (exact) mass is 298 g/mol. The minimum atomic E-state index is -0.464. The van der Waals surface area contributed by atoms with Crippen molar-refractivity contribution in [3.8, 4) is 0 Å². The second kappa shape index (κ2) is 7.28. The van der Waals surface area contributed by atoms with Crippen LogP contribution >= 0.6 is 11.3 Å². The molecule has 0 saturated heterocycles. The number of ether oxygens (including phenoxy) is 1. The number of carbonyl (C=O) groups excluding carboxylic acids is 2. The van der Waals surface area contributed by atoms with Crippen molar-refractivity contribution in [1.29, 1.82) is 0 Å². The van der Waals surface area contributed by atoms with Crippen LogP contribution in [0.4, 0.5) is 10.7 Å². The molecule has 0 aliphatic carbocycles. The summed E-state index contributed by atoms with van der Waals surface area (Å²) in [6.45, 7) is 6.64. The number of carbonyl (C=O) groups is 2. The van der Waals surface area contributed by atoms with E-state index in [4.69, 9.17) is 10.5 Å². The van der Waals surface area contributed by atoms with Crippen molar-refractivity contribution in [3.63, 3.8) is 0 Å². The minimum Gasteiger partial charge on any atom is -0.462 e. The van der Waals surface area contributed by atoms with Gasteiger partial charge in [0.15, 0.2) is 5.78 Å². The van der Waals surface area contributed by atoms with Crippen molar-refractivity contribution in [3.05, 3.63) is 10.4 Å². The maximum atomic E-state index is 12.1. The Morgan fingerprint density at radius 1 is 1.30 bits per heavy atom. The lowest BCUT2D eigenvalue weighted by Crippen LogP contribution is -2.20. The van der Waals surface area contributed by atoms with Crippen molar-refractivity contribution < 1.29 is 14.3 Å². The van der Waals surface area contributed by atoms with Gasteiger partial charge in [-0.3, -0.25) is 4.79 Å². The number of Topliss-reactive ketones (excluding diaryl/α,β-unsaturated/α-hetero) is 1. The lowest BCUT2D eigenvalue weighted by Gasteiger charge is -2.17. The van der Waals surface area contributed by atoms with Crippen molar-refractivity contribution in [2.45, 2.75) is 33.6 Å². The van der Waals surface area contributed by atoms with Gasteiger partial charge in [-0.05, 0) is 13.3 Å². The molecule has 0 aliphatic heterocycles. The highest BCUT2D eigenvalue weighted by Gasteiger charge is 2.27. The molecule has 0 unspecified atom stereocenters. The van der Waals surface area contributed by atoms with Crippen LogP contribution in [0.3, 0.4) is 0 Å². The number of rotatable bonds is 7. The van der Waals surface area contributed by atoms with E-state index in [-0.39, 0.29) is 18.1 Å². The summed E-state index contributed by atoms with van der Waals surface area (Å²) in [6.07, 6.45) is 1.30. The van der Waals surface area contributed by atoms with Crippen LogP contribution in [0.25, 0.3) is 0 Å². The van der Waals surface area contributed by atoms with Crippen molar-refractivity contribution >= 4 is 33.8 Å². The Morgan fingerprint density at radius 2 is 1.95 bits per heavy atom. The molecule has 0 fully saturated rings. The molecule has 0 aliphatic rings. The van der Waals surface area contributed by atoms with Crippen LogP contribution in [0.1, 0.15) is 53.6 Å². The normalized spacial score (nSPS) is 10.4. The SMILES string of the molecule is CCCN(C)c1sc(C(=O)CC)c(N)c1C(=O)OCC. The zero-order chi connectivity index (χ0) is 15.3. The van der Waals surface area contributed by atoms with Crippen LogP contribution in [0.2, 0.25) is 0 Å². The summed E-state index contributed by atoms with van der Waals surface area (Å²) in [5, 5.41) is 0.708. The van der Waals surface area contributed by atoms with E-state index in [2.05, 4.69) is 6.92 Å². The van der Waals surface area contributed by atoms with Gasteiger partial charge in [-0.15, -0.1) is 11.3 Å². The molecule has 20 heavy (non-hydrogen) atoms. The number of nitrogens with two attached hydrogens (primary N) is 1. The fourth-order valence-corrected chi connectivity index (χ4v) is 3.11. The third-order valence-corrected chi connectivity index (χ3v) is 4.25. The Balaban J connectivity index is 3.32. The maximum Gasteiger partial charge on any atom is 0.343 e. The number of ketones is 1. The molecular formula is C14H22N2O3S. The van der Waals surface area contributed by atoms with E-state index in [9.17, 15) is 9.59 Å². The van der Waals surface area contributed by atoms with E-state index in [1.807, 2.05) is 11.9 Å². The lowest BCUT2D eigenvalue weighted by molar-refractivity contribution is 0.0529. The molecule has 1 aromatic rings. The lowest BCUT2D eigenvalue weighted by atomic mass is 10.1. The molecule has 0 spiro atoms. The second-order valence-corrected chi connectivity index (χ2v) is 5.44. The molecule has 1 heterocycles. The summed E-state index contributed by atoms with van der Waals surface area (Å²) >= 11 is 1.27. The van der Waals surface area contributed by atoms with E-state index >= 15 is 0 Å². The number of esters is 1. The smallest absolute Gasteiger partial charge is 0.343 e. The van der Waals surface area contributed by atoms with Crippen LogP contribution in [-0.4, -0.2) is 32.0 Å². The van der Waals surface area contributed by atoms with Gasteiger partial charge >= 0.3 is 5.97 Å². The summed E-state index contributed by atoms with van der Waals surface area (Å²) in [6, 6.07) is 0. The topological polar surface area (TPSA) is 72.6 Å². The first kappa shape index (κ1) is 16.5. The Morgan fingerprint density at radius 3 is 2.45 bits per heavy atom. The van der Waals surface area contributed by atoms with Crippen LogP contribution in [0.15, 0.2) is 0 Å². The van der Waals surface area contributed by atoms with Crippen LogP contribution in [0, 0.1) is 0 Å². The van der Waals surface area contributed by atoms with Gasteiger partial charge in [0.2, 0.25) is 0 Å². The van der Waals surface area contributed by atoms with Gasteiger partial charge in [0.25, 0.3) is 0 Å². The summed E-state index contributed by atoms with van der Waals surface area (Å²) in [4.78, 5) is 26.4. The average molecular weight is 298 g/mol. The zero-order valence-corrected chi connectivity index (χ0v) is 13.3. The standard InChI is InChI=1S/C14H22N2O3S/c1-5-8-16(4)13-10(14(18)19-7-3)11(15)12(20-13)9(17)6-2/h5-8,15H2,1-4H3. The van der Waals surface area contributed by atoms with Crippen molar-refractivity contribution in [2.75, 3.05) is 30.8 Å². The Hall–Kier alpha value is -1.56. The number of thiophene rings is 1. The second-order valence-electron chi connectivity index (χ2n) is 4.44. The van der Waals surface area contributed by atoms with Gasteiger partial charge in [0, 0.05) is 20.0 Å². The first-order valence-corrected chi connectivity index (χ1v) is 7.63. The van der Waals surface area contributed by atoms with Crippen LogP contribution in [-0.2, 0) is 4.74 Å². The van der Waals surface area contributed by atoms with Gasteiger partial charge in [-0.1, -0.05) is 13.8 Å². The predicted octanol–water partition coefficient (Wildman–Crippen LogP) is 2.95. The van der Waals surface area contributed by atoms with Crippen molar-refractivity contribution in [2.24, 2.45) is 0 Å². The Kier molecular flexibility index (Phi) is 6.01. The fraction of sp³-hybridized carbons (Fsp3) is 0.571. The van der Waals surface area contributed by atoms with E-state index in [0.717, 1.165) is 13.0 Å². The molecule has 0 amide bonds. The number of nitrogen functional groups attached to an aromatic ring is 1. The summed E-state index contributed by atoms with van der Waals surface area (Å²) in [5.41, 5.74) is 6.58. The molecule has 1 aromatic heterocycles. The highest BCUT2D eigenvalue weighted by atomic mass is 32.1. The first-order chi connectivity index (χ1) is 9.47. The first-order valence-electron chi connectivity index (χ1n) is 6.81. The van der Waals surface area contributed by atoms with Gasteiger partial charge in [-0.2, -0.15) is 0 Å². The fourth-order valence-electron chi connectivity index (χ4n) is 1.91. The Bertz CT molecular complexity index is 497. The van der Waals surface area contributed by atoms with E-state index < -0.39 is 5.97 Å². The summed E-state index contributed by atoms with van der Waals surface area (Å²) in [7, 11) is 1.89. The molecule has 0 radical (unpaired) electrons. The quantitative estimate of drug-likeness (QED) is 0.619. The predicted molar refractivity (Wildman–Crippen MR) is 82.9 cm³/mol. The third kappa shape index (κ3) is 3.30. The molecule has 0 bridgehead atoms. The molecule has 1 rings (SSSR count). The number of hydrogen-bond donors (Lipinski definition) is 1. The number of anilines is 2. The van der Waals surface area contributed by atoms with Gasteiger partial charge in [0.1, 0.15) is 10.6 Å². The number of nitrogens with zero attached hydrogens (tertiary/aromatic N) is 1. The number of hydrogen-bond acceptors (Lipinski definition) is 6. The van der Waals surface area contributed by atoms with E-state index in [0.29, 0.717) is 21.9 Å². The van der Waals surface area contributed by atoms with Gasteiger partial charge < -0.3 is 15.4 Å². The summed E-state index contributed by atoms with van der Waals surface area (Å²) < 4.78 is 5.05. The van der Waals surface area contributed by atoms with E-state index in [1.54, 1.807) is 13.8 Å². The minimum absolute atomic E-state index is 0.0470. The molecule has 112 valence electrons. The molecule has 0 aromatic carbocycles. The Labute approximate surface area is 123 Å². The third-order valence-electron chi connectivity index (χ3n) is 2.89. The molecular weight excluding hydrogens is 276 g/mol.